The van der Waals surface area contributed by atoms with Crippen molar-refractivity contribution in [2.24, 2.45) is 7.05 Å². The summed E-state index contributed by atoms with van der Waals surface area (Å²) in [6.45, 7) is 0. The maximum atomic E-state index is 8.37. The number of aromatic nitrogens is 2. The lowest BCUT2D eigenvalue weighted by atomic mass is 10.5. The molecule has 0 fully saturated rings. The minimum atomic E-state index is 0.367. The zero-order chi connectivity index (χ0) is 6.85. The van der Waals surface area contributed by atoms with E-state index >= 15 is 0 Å². The smallest absolute Gasteiger partial charge is 0.200 e. The van der Waals surface area contributed by atoms with Gasteiger partial charge in [-0.15, -0.1) is 0 Å². The van der Waals surface area contributed by atoms with Crippen LogP contribution in [0.1, 0.15) is 5.69 Å². The molecule has 0 aromatic carbocycles. The molecule has 1 aromatic rings. The molecular formula is C5H6N4. The van der Waals surface area contributed by atoms with Crippen LogP contribution in [0.15, 0.2) is 6.20 Å². The SMILES string of the molecule is Cn1c(C#N)cnc1N. The molecule has 9 heavy (non-hydrogen) atoms. The predicted octanol–water partition coefficient (Wildman–Crippen LogP) is -0.126. The van der Waals surface area contributed by atoms with Gasteiger partial charge in [0.15, 0.2) is 0 Å². The fourth-order valence-corrected chi connectivity index (χ4v) is 0.528. The van der Waals surface area contributed by atoms with Gasteiger partial charge in [-0.1, -0.05) is 0 Å². The van der Waals surface area contributed by atoms with Gasteiger partial charge >= 0.3 is 0 Å². The summed E-state index contributed by atoms with van der Waals surface area (Å²) in [6, 6.07) is 1.94. The summed E-state index contributed by atoms with van der Waals surface area (Å²) in [7, 11) is 1.70. The fourth-order valence-electron chi connectivity index (χ4n) is 0.528. The normalized spacial score (nSPS) is 8.89. The van der Waals surface area contributed by atoms with E-state index in [1.54, 1.807) is 7.05 Å². The van der Waals surface area contributed by atoms with Crippen LogP contribution in [-0.4, -0.2) is 9.55 Å². The highest BCUT2D eigenvalue weighted by Gasteiger charge is 1.98. The third-order valence-corrected chi connectivity index (χ3v) is 1.14. The molecule has 2 N–H and O–H groups in total. The molecule has 0 aliphatic carbocycles. The van der Waals surface area contributed by atoms with Crippen LogP contribution in [0.4, 0.5) is 5.95 Å². The minimum Gasteiger partial charge on any atom is -0.369 e. The lowest BCUT2D eigenvalue weighted by Crippen LogP contribution is -1.98. The Balaban J connectivity index is 3.24. The van der Waals surface area contributed by atoms with Crippen molar-refractivity contribution in [3.63, 3.8) is 0 Å². The second kappa shape index (κ2) is 1.78. The van der Waals surface area contributed by atoms with Gasteiger partial charge in [-0.2, -0.15) is 5.26 Å². The van der Waals surface area contributed by atoms with Crippen molar-refractivity contribution in [2.75, 3.05) is 5.73 Å². The Hall–Kier alpha value is -1.50. The summed E-state index contributed by atoms with van der Waals surface area (Å²) in [5, 5.41) is 8.37. The lowest BCUT2D eigenvalue weighted by Gasteiger charge is -1.91. The third kappa shape index (κ3) is 0.722. The molecule has 0 unspecified atom stereocenters. The average Bonchev–Trinajstić information content (AvgIpc) is 2.15. The van der Waals surface area contributed by atoms with Crippen molar-refractivity contribution in [3.8, 4) is 6.07 Å². The summed E-state index contributed by atoms with van der Waals surface area (Å²) in [6.07, 6.45) is 1.44. The van der Waals surface area contributed by atoms with Crippen LogP contribution in [0.5, 0.6) is 0 Å². The van der Waals surface area contributed by atoms with Gasteiger partial charge in [0.25, 0.3) is 0 Å². The van der Waals surface area contributed by atoms with Crippen molar-refractivity contribution in [2.45, 2.75) is 0 Å². The Bertz CT molecular complexity index is 254. The molecule has 0 bridgehead atoms. The molecule has 4 heteroatoms. The molecule has 46 valence electrons. The maximum Gasteiger partial charge on any atom is 0.200 e. The quantitative estimate of drug-likeness (QED) is 0.521. The van der Waals surface area contributed by atoms with Crippen molar-refractivity contribution >= 4 is 5.95 Å². The van der Waals surface area contributed by atoms with Gasteiger partial charge in [-0.05, 0) is 0 Å². The first kappa shape index (κ1) is 5.63. The predicted molar refractivity (Wildman–Crippen MR) is 32.3 cm³/mol. The zero-order valence-electron chi connectivity index (χ0n) is 5.00. The number of nitrogen functional groups attached to an aromatic ring is 1. The van der Waals surface area contributed by atoms with E-state index < -0.39 is 0 Å². The van der Waals surface area contributed by atoms with E-state index in [-0.39, 0.29) is 0 Å². The Morgan fingerprint density at radius 1 is 1.89 bits per heavy atom. The number of hydrogen-bond acceptors (Lipinski definition) is 3. The van der Waals surface area contributed by atoms with E-state index in [0.717, 1.165) is 0 Å². The highest BCUT2D eigenvalue weighted by Crippen LogP contribution is 2.00. The number of anilines is 1. The average molecular weight is 122 g/mol. The van der Waals surface area contributed by atoms with Crippen molar-refractivity contribution in [1.29, 1.82) is 5.26 Å². The maximum absolute atomic E-state index is 8.37. The lowest BCUT2D eigenvalue weighted by molar-refractivity contribution is 0.912. The number of nitriles is 1. The molecule has 0 spiro atoms. The first-order valence-electron chi connectivity index (χ1n) is 2.43. The molecule has 0 saturated carbocycles. The van der Waals surface area contributed by atoms with E-state index in [2.05, 4.69) is 4.98 Å². The highest BCUT2D eigenvalue weighted by atomic mass is 15.1. The molecule has 0 aliphatic rings. The Morgan fingerprint density at radius 2 is 2.56 bits per heavy atom. The highest BCUT2D eigenvalue weighted by molar-refractivity contribution is 5.29. The van der Waals surface area contributed by atoms with Gasteiger partial charge in [-0.3, -0.25) is 0 Å². The van der Waals surface area contributed by atoms with E-state index in [1.165, 1.54) is 10.8 Å². The minimum absolute atomic E-state index is 0.367. The largest absolute Gasteiger partial charge is 0.369 e. The Morgan fingerprint density at radius 3 is 2.78 bits per heavy atom. The molecule has 1 aromatic heterocycles. The second-order valence-corrected chi connectivity index (χ2v) is 1.67. The molecule has 0 saturated heterocycles. The van der Waals surface area contributed by atoms with Crippen molar-refractivity contribution < 1.29 is 0 Å². The number of rotatable bonds is 0. The van der Waals surface area contributed by atoms with E-state index in [9.17, 15) is 0 Å². The summed E-state index contributed by atoms with van der Waals surface area (Å²) >= 11 is 0. The number of nitrogens with two attached hydrogens (primary N) is 1. The van der Waals surface area contributed by atoms with Gasteiger partial charge in [0.1, 0.15) is 11.8 Å². The van der Waals surface area contributed by atoms with Crippen LogP contribution in [0.25, 0.3) is 0 Å². The van der Waals surface area contributed by atoms with Gasteiger partial charge in [0.05, 0.1) is 6.20 Å². The number of imidazole rings is 1. The molecular weight excluding hydrogens is 116 g/mol. The first-order valence-corrected chi connectivity index (χ1v) is 2.43. The summed E-state index contributed by atoms with van der Waals surface area (Å²) in [4.78, 5) is 3.71. The first-order chi connectivity index (χ1) is 4.25. The number of hydrogen-bond donors (Lipinski definition) is 1. The van der Waals surface area contributed by atoms with E-state index in [0.29, 0.717) is 11.6 Å². The van der Waals surface area contributed by atoms with Crippen LogP contribution >= 0.6 is 0 Å². The summed E-state index contributed by atoms with van der Waals surface area (Å²) < 4.78 is 1.53. The molecule has 4 nitrogen and oxygen atoms in total. The van der Waals surface area contributed by atoms with E-state index in [4.69, 9.17) is 11.0 Å². The monoisotopic (exact) mass is 122 g/mol. The van der Waals surface area contributed by atoms with Crippen molar-refractivity contribution in [1.82, 2.24) is 9.55 Å². The Kier molecular flexibility index (Phi) is 1.12. The molecule has 0 radical (unpaired) electrons. The third-order valence-electron chi connectivity index (χ3n) is 1.14. The van der Waals surface area contributed by atoms with Crippen LogP contribution in [0, 0.1) is 11.3 Å². The van der Waals surface area contributed by atoms with Crippen molar-refractivity contribution in [3.05, 3.63) is 11.9 Å². The fraction of sp³-hybridized carbons (Fsp3) is 0.200. The van der Waals surface area contributed by atoms with Gasteiger partial charge < -0.3 is 10.3 Å². The summed E-state index contributed by atoms with van der Waals surface area (Å²) in [5.41, 5.74) is 5.80. The van der Waals surface area contributed by atoms with Gasteiger partial charge in [-0.25, -0.2) is 4.98 Å². The van der Waals surface area contributed by atoms with Crippen LogP contribution in [0.3, 0.4) is 0 Å². The second-order valence-electron chi connectivity index (χ2n) is 1.67. The molecule has 1 heterocycles. The van der Waals surface area contributed by atoms with Crippen LogP contribution in [-0.2, 0) is 7.05 Å². The Labute approximate surface area is 52.5 Å². The molecule has 0 amide bonds. The van der Waals surface area contributed by atoms with Gasteiger partial charge in [0.2, 0.25) is 5.95 Å². The molecule has 0 atom stereocenters. The van der Waals surface area contributed by atoms with E-state index in [1.807, 2.05) is 6.07 Å². The van der Waals surface area contributed by atoms with Gasteiger partial charge in [0, 0.05) is 7.05 Å². The topological polar surface area (TPSA) is 67.6 Å². The zero-order valence-corrected chi connectivity index (χ0v) is 5.00. The molecule has 1 rings (SSSR count). The standard InChI is InChI=1S/C5H6N4/c1-9-4(2-6)3-8-5(9)7/h3H,1H3,(H2,7,8). The van der Waals surface area contributed by atoms with Crippen LogP contribution in [0.2, 0.25) is 0 Å². The van der Waals surface area contributed by atoms with Crippen LogP contribution < -0.4 is 5.73 Å². The molecule has 0 aliphatic heterocycles. The summed E-state index contributed by atoms with van der Waals surface area (Å²) in [5.74, 6) is 0.367. The number of nitrogens with zero attached hydrogens (tertiary/aromatic N) is 3.